The van der Waals surface area contributed by atoms with Crippen LogP contribution in [0.5, 0.6) is 5.75 Å². The van der Waals surface area contributed by atoms with Crippen LogP contribution >= 0.6 is 0 Å². The van der Waals surface area contributed by atoms with Crippen molar-refractivity contribution in [3.63, 3.8) is 0 Å². The van der Waals surface area contributed by atoms with Crippen LogP contribution in [-0.2, 0) is 12.8 Å². The predicted octanol–water partition coefficient (Wildman–Crippen LogP) is 4.05. The molecular weight excluding hydrogens is 234 g/mol. The van der Waals surface area contributed by atoms with Gasteiger partial charge in [-0.05, 0) is 61.1 Å². The first kappa shape index (κ1) is 13.6. The van der Waals surface area contributed by atoms with Gasteiger partial charge < -0.3 is 4.74 Å². The first-order chi connectivity index (χ1) is 9.38. The second-order valence-electron chi connectivity index (χ2n) is 4.77. The Kier molecular flexibility index (Phi) is 5.42. The van der Waals surface area contributed by atoms with E-state index in [2.05, 4.69) is 35.3 Å². The van der Waals surface area contributed by atoms with Crippen LogP contribution in [0.15, 0.2) is 48.8 Å². The maximum absolute atomic E-state index is 5.23. The second kappa shape index (κ2) is 7.57. The number of aryl methyl sites for hydroxylation is 2. The summed E-state index contributed by atoms with van der Waals surface area (Å²) in [6, 6.07) is 12.6. The van der Waals surface area contributed by atoms with Crippen LogP contribution in [0, 0.1) is 0 Å². The van der Waals surface area contributed by atoms with Gasteiger partial charge in [-0.1, -0.05) is 18.6 Å². The molecule has 0 amide bonds. The van der Waals surface area contributed by atoms with Crippen molar-refractivity contribution in [1.29, 1.82) is 0 Å². The number of methoxy groups -OCH3 is 1. The van der Waals surface area contributed by atoms with Gasteiger partial charge in [0.2, 0.25) is 0 Å². The molecular formula is C17H21NO. The van der Waals surface area contributed by atoms with Gasteiger partial charge in [0.25, 0.3) is 0 Å². The first-order valence-corrected chi connectivity index (χ1v) is 6.90. The van der Waals surface area contributed by atoms with E-state index in [-0.39, 0.29) is 0 Å². The normalized spacial score (nSPS) is 10.4. The molecule has 0 saturated carbocycles. The van der Waals surface area contributed by atoms with E-state index in [9.17, 15) is 0 Å². The van der Waals surface area contributed by atoms with Gasteiger partial charge in [-0.2, -0.15) is 0 Å². The third-order valence-electron chi connectivity index (χ3n) is 3.31. The SMILES string of the molecule is COc1cccc(CCCCCc2ccncc2)c1. The number of nitrogens with zero attached hydrogens (tertiary/aromatic N) is 1. The van der Waals surface area contributed by atoms with Crippen LogP contribution in [0.2, 0.25) is 0 Å². The van der Waals surface area contributed by atoms with Gasteiger partial charge in [-0.15, -0.1) is 0 Å². The molecule has 0 fully saturated rings. The zero-order valence-electron chi connectivity index (χ0n) is 11.5. The van der Waals surface area contributed by atoms with Crippen molar-refractivity contribution < 1.29 is 4.74 Å². The number of pyridine rings is 1. The Balaban J connectivity index is 1.66. The fraction of sp³-hybridized carbons (Fsp3) is 0.353. The zero-order chi connectivity index (χ0) is 13.3. The molecule has 2 nitrogen and oxygen atoms in total. The molecule has 1 heterocycles. The zero-order valence-corrected chi connectivity index (χ0v) is 11.5. The lowest BCUT2D eigenvalue weighted by Crippen LogP contribution is -1.90. The van der Waals surface area contributed by atoms with E-state index in [0.29, 0.717) is 0 Å². The summed E-state index contributed by atoms with van der Waals surface area (Å²) in [5.41, 5.74) is 2.75. The highest BCUT2D eigenvalue weighted by molar-refractivity contribution is 5.28. The van der Waals surface area contributed by atoms with Gasteiger partial charge in [0.05, 0.1) is 7.11 Å². The van der Waals surface area contributed by atoms with Crippen molar-refractivity contribution in [2.75, 3.05) is 7.11 Å². The number of benzene rings is 1. The number of rotatable bonds is 7. The highest BCUT2D eigenvalue weighted by Gasteiger charge is 1.97. The van der Waals surface area contributed by atoms with E-state index >= 15 is 0 Å². The summed E-state index contributed by atoms with van der Waals surface area (Å²) >= 11 is 0. The molecule has 0 atom stereocenters. The molecule has 0 bridgehead atoms. The van der Waals surface area contributed by atoms with Crippen molar-refractivity contribution in [2.24, 2.45) is 0 Å². The highest BCUT2D eigenvalue weighted by Crippen LogP contribution is 2.15. The number of ether oxygens (including phenoxy) is 1. The molecule has 0 unspecified atom stereocenters. The minimum atomic E-state index is 0.953. The van der Waals surface area contributed by atoms with Crippen LogP contribution < -0.4 is 4.74 Å². The number of hydrogen-bond donors (Lipinski definition) is 0. The Morgan fingerprint density at radius 3 is 2.37 bits per heavy atom. The lowest BCUT2D eigenvalue weighted by atomic mass is 10.0. The lowest BCUT2D eigenvalue weighted by Gasteiger charge is -2.05. The van der Waals surface area contributed by atoms with Gasteiger partial charge in [0, 0.05) is 12.4 Å². The molecule has 0 N–H and O–H groups in total. The van der Waals surface area contributed by atoms with Crippen molar-refractivity contribution in [3.8, 4) is 5.75 Å². The fourth-order valence-corrected chi connectivity index (χ4v) is 2.21. The van der Waals surface area contributed by atoms with E-state index in [0.717, 1.165) is 18.6 Å². The van der Waals surface area contributed by atoms with Crippen molar-refractivity contribution in [3.05, 3.63) is 59.9 Å². The lowest BCUT2D eigenvalue weighted by molar-refractivity contribution is 0.414. The highest BCUT2D eigenvalue weighted by atomic mass is 16.5. The van der Waals surface area contributed by atoms with Crippen molar-refractivity contribution in [1.82, 2.24) is 4.98 Å². The summed E-state index contributed by atoms with van der Waals surface area (Å²) in [6.45, 7) is 0. The van der Waals surface area contributed by atoms with Gasteiger partial charge in [-0.3, -0.25) is 4.98 Å². The van der Waals surface area contributed by atoms with Crippen LogP contribution in [0.25, 0.3) is 0 Å². The second-order valence-corrected chi connectivity index (χ2v) is 4.77. The third kappa shape index (κ3) is 4.74. The summed E-state index contributed by atoms with van der Waals surface area (Å²) in [4.78, 5) is 4.03. The van der Waals surface area contributed by atoms with Crippen LogP contribution in [-0.4, -0.2) is 12.1 Å². The molecule has 1 aromatic heterocycles. The molecule has 19 heavy (non-hydrogen) atoms. The van der Waals surface area contributed by atoms with E-state index in [1.54, 1.807) is 7.11 Å². The third-order valence-corrected chi connectivity index (χ3v) is 3.31. The largest absolute Gasteiger partial charge is 0.497 e. The van der Waals surface area contributed by atoms with E-state index < -0.39 is 0 Å². The molecule has 0 radical (unpaired) electrons. The fourth-order valence-electron chi connectivity index (χ4n) is 2.21. The first-order valence-electron chi connectivity index (χ1n) is 6.90. The summed E-state index contributed by atoms with van der Waals surface area (Å²) in [7, 11) is 1.72. The minimum Gasteiger partial charge on any atom is -0.497 e. The summed E-state index contributed by atoms with van der Waals surface area (Å²) in [6.07, 6.45) is 9.76. The molecule has 2 rings (SSSR count). The Morgan fingerprint density at radius 2 is 1.63 bits per heavy atom. The molecule has 100 valence electrons. The van der Waals surface area contributed by atoms with Crippen molar-refractivity contribution in [2.45, 2.75) is 32.1 Å². The van der Waals surface area contributed by atoms with Crippen molar-refractivity contribution >= 4 is 0 Å². The summed E-state index contributed by atoms with van der Waals surface area (Å²) < 4.78 is 5.23. The monoisotopic (exact) mass is 255 g/mol. The van der Waals surface area contributed by atoms with Gasteiger partial charge in [0.15, 0.2) is 0 Å². The smallest absolute Gasteiger partial charge is 0.119 e. The van der Waals surface area contributed by atoms with Gasteiger partial charge in [-0.25, -0.2) is 0 Å². The quantitative estimate of drug-likeness (QED) is 0.696. The minimum absolute atomic E-state index is 0.953. The Labute approximate surface area is 115 Å². The molecule has 0 aliphatic rings. The maximum atomic E-state index is 5.23. The topological polar surface area (TPSA) is 22.1 Å². The maximum Gasteiger partial charge on any atom is 0.119 e. The van der Waals surface area contributed by atoms with E-state index in [1.807, 2.05) is 18.5 Å². The van der Waals surface area contributed by atoms with Crippen LogP contribution in [0.1, 0.15) is 30.4 Å². The Morgan fingerprint density at radius 1 is 0.895 bits per heavy atom. The molecule has 2 heteroatoms. The van der Waals surface area contributed by atoms with Gasteiger partial charge in [0.1, 0.15) is 5.75 Å². The molecule has 0 spiro atoms. The Bertz CT molecular complexity index is 482. The molecule has 0 aliphatic carbocycles. The Hall–Kier alpha value is -1.83. The molecule has 1 aromatic carbocycles. The average molecular weight is 255 g/mol. The van der Waals surface area contributed by atoms with Gasteiger partial charge >= 0.3 is 0 Å². The standard InChI is InChI=1S/C17H21NO/c1-19-17-9-5-8-16(14-17)7-4-2-3-6-15-10-12-18-13-11-15/h5,8-14H,2-4,6-7H2,1H3. The summed E-state index contributed by atoms with van der Waals surface area (Å²) in [5, 5.41) is 0. The predicted molar refractivity (Wildman–Crippen MR) is 78.5 cm³/mol. The molecule has 2 aromatic rings. The van der Waals surface area contributed by atoms with E-state index in [1.165, 1.54) is 30.4 Å². The van der Waals surface area contributed by atoms with E-state index in [4.69, 9.17) is 4.74 Å². The van der Waals surface area contributed by atoms with Crippen LogP contribution in [0.3, 0.4) is 0 Å². The number of hydrogen-bond acceptors (Lipinski definition) is 2. The molecule has 0 aliphatic heterocycles. The average Bonchev–Trinajstić information content (AvgIpc) is 2.48. The number of unbranched alkanes of at least 4 members (excludes halogenated alkanes) is 2. The molecule has 0 saturated heterocycles. The number of aromatic nitrogens is 1. The summed E-state index contributed by atoms with van der Waals surface area (Å²) in [5.74, 6) is 0.953. The van der Waals surface area contributed by atoms with Crippen LogP contribution in [0.4, 0.5) is 0 Å².